The van der Waals surface area contributed by atoms with Crippen LogP contribution in [0.2, 0.25) is 0 Å². The lowest BCUT2D eigenvalue weighted by Crippen LogP contribution is -2.47. The van der Waals surface area contributed by atoms with Gasteiger partial charge in [0.1, 0.15) is 46.7 Å². The predicted molar refractivity (Wildman–Crippen MR) is 246 cm³/mol. The van der Waals surface area contributed by atoms with E-state index in [9.17, 15) is 28.3 Å². The zero-order chi connectivity index (χ0) is 50.6. The number of nitrogens with one attached hydrogen (secondary N) is 3. The highest BCUT2D eigenvalue weighted by Gasteiger charge is 2.37. The molecule has 0 unspecified atom stereocenters. The zero-order valence-corrected chi connectivity index (χ0v) is 39.7. The van der Waals surface area contributed by atoms with Gasteiger partial charge >= 0.3 is 0 Å². The molecule has 2 saturated heterocycles. The molecule has 6 N–H and O–H groups in total. The van der Waals surface area contributed by atoms with Crippen LogP contribution in [0.25, 0.3) is 0 Å². The molecule has 22 nitrogen and oxygen atoms in total. The minimum atomic E-state index is -1.09. The van der Waals surface area contributed by atoms with Crippen LogP contribution in [0.1, 0.15) is 74.9 Å². The van der Waals surface area contributed by atoms with Gasteiger partial charge in [0.25, 0.3) is 11.8 Å². The summed E-state index contributed by atoms with van der Waals surface area (Å²) in [6, 6.07) is 11.8. The lowest BCUT2D eigenvalue weighted by atomic mass is 10.0. The van der Waals surface area contributed by atoms with Crippen LogP contribution in [0.4, 0.5) is 8.78 Å². The van der Waals surface area contributed by atoms with E-state index in [1.54, 1.807) is 32.0 Å². The lowest BCUT2D eigenvalue weighted by Gasteiger charge is -2.31. The zero-order valence-electron chi connectivity index (χ0n) is 39.7. The largest absolute Gasteiger partial charge is 0.494 e. The number of carbonyl (C=O) groups excluding carboxylic acids is 3. The van der Waals surface area contributed by atoms with Crippen molar-refractivity contribution in [2.45, 2.75) is 83.5 Å². The number of halogens is 2. The van der Waals surface area contributed by atoms with Gasteiger partial charge < -0.3 is 64.9 Å². The molecule has 2 aromatic carbocycles. The van der Waals surface area contributed by atoms with Crippen LogP contribution in [0.5, 0.6) is 11.5 Å². The van der Waals surface area contributed by atoms with E-state index in [1.165, 1.54) is 51.5 Å². The quantitative estimate of drug-likeness (QED) is 0.107. The van der Waals surface area contributed by atoms with Crippen LogP contribution >= 0.6 is 0 Å². The summed E-state index contributed by atoms with van der Waals surface area (Å²) in [5, 5.41) is 25.7. The van der Waals surface area contributed by atoms with Crippen molar-refractivity contribution >= 4 is 29.1 Å². The summed E-state index contributed by atoms with van der Waals surface area (Å²) in [5.74, 6) is -1.06. The summed E-state index contributed by atoms with van der Waals surface area (Å²) >= 11 is 0. The third-order valence-corrected chi connectivity index (χ3v) is 11.4. The number of aryl methyl sites for hydroxylation is 2. The first kappa shape index (κ1) is 52.0. The van der Waals surface area contributed by atoms with E-state index in [2.05, 4.69) is 46.2 Å². The Balaban J connectivity index is 0.000000211. The van der Waals surface area contributed by atoms with Gasteiger partial charge in [-0.25, -0.2) is 28.7 Å². The Labute approximate surface area is 407 Å². The van der Waals surface area contributed by atoms with Gasteiger partial charge in [0.05, 0.1) is 58.1 Å². The van der Waals surface area contributed by atoms with Crippen LogP contribution in [-0.4, -0.2) is 145 Å². The SMILES string of the molecule is COc1cc(CNC(=O)c2cc(C3=NO[C@H](C4OCC(CN)CO4)C3)nc(C)n2)ccc1F.COc1cc(CNC(=O)c2cc(C3=NO[C@H]([C@H]4CO[C@H](CNC(=O)[C@H](C)O)CO4)C3)nc(C)n2)ccc1F. The van der Waals surface area contributed by atoms with Crippen molar-refractivity contribution in [1.82, 2.24) is 35.9 Å². The average Bonchev–Trinajstić information content (AvgIpc) is 4.09. The normalized spacial score (nSPS) is 22.0. The summed E-state index contributed by atoms with van der Waals surface area (Å²) in [6.07, 6.45) is -2.33. The van der Waals surface area contributed by atoms with Crippen molar-refractivity contribution in [3.05, 3.63) is 106 Å². The predicted octanol–water partition coefficient (Wildman–Crippen LogP) is 1.94. The topological polar surface area (TPSA) is 284 Å². The maximum Gasteiger partial charge on any atom is 0.270 e. The number of amides is 3. The molecule has 3 amide bonds. The lowest BCUT2D eigenvalue weighted by molar-refractivity contribution is -0.242. The maximum absolute atomic E-state index is 13.6. The molecule has 24 heteroatoms. The molecule has 4 aromatic rings. The van der Waals surface area contributed by atoms with Crippen molar-refractivity contribution in [2.24, 2.45) is 22.0 Å². The van der Waals surface area contributed by atoms with Crippen molar-refractivity contribution in [3.8, 4) is 11.5 Å². The second-order valence-corrected chi connectivity index (χ2v) is 16.8. The summed E-state index contributed by atoms with van der Waals surface area (Å²) in [6.45, 7) is 7.32. The fraction of sp³-hybridized carbons (Fsp3) is 0.468. The molecule has 0 spiro atoms. The van der Waals surface area contributed by atoms with Gasteiger partial charge in [0.15, 0.2) is 41.6 Å². The fourth-order valence-corrected chi connectivity index (χ4v) is 7.44. The molecule has 4 aliphatic heterocycles. The number of hydrogen-bond acceptors (Lipinski definition) is 19. The number of oxime groups is 2. The number of aliphatic hydroxyl groups is 1. The average molecular weight is 991 g/mol. The molecule has 2 fully saturated rings. The highest BCUT2D eigenvalue weighted by molar-refractivity contribution is 6.02. The van der Waals surface area contributed by atoms with E-state index in [1.807, 2.05) is 0 Å². The number of nitrogens with zero attached hydrogens (tertiary/aromatic N) is 6. The highest BCUT2D eigenvalue weighted by Crippen LogP contribution is 2.26. The van der Waals surface area contributed by atoms with Crippen molar-refractivity contribution in [3.63, 3.8) is 0 Å². The Morgan fingerprint density at radius 3 is 1.70 bits per heavy atom. The first-order valence-electron chi connectivity index (χ1n) is 22.7. The van der Waals surface area contributed by atoms with Crippen LogP contribution in [0.15, 0.2) is 58.8 Å². The van der Waals surface area contributed by atoms with Crippen molar-refractivity contribution in [2.75, 3.05) is 53.7 Å². The number of ether oxygens (including phenoxy) is 6. The second kappa shape index (κ2) is 24.3. The van der Waals surface area contributed by atoms with Gasteiger partial charge in [-0.15, -0.1) is 0 Å². The fourth-order valence-electron chi connectivity index (χ4n) is 7.44. The molecule has 0 saturated carbocycles. The molecule has 71 heavy (non-hydrogen) atoms. The van der Waals surface area contributed by atoms with Crippen LogP contribution < -0.4 is 31.2 Å². The van der Waals surface area contributed by atoms with Crippen LogP contribution in [0.3, 0.4) is 0 Å². The number of benzene rings is 2. The number of aliphatic hydroxyl groups excluding tert-OH is 1. The number of methoxy groups -OCH3 is 2. The first-order valence-corrected chi connectivity index (χ1v) is 22.7. The summed E-state index contributed by atoms with van der Waals surface area (Å²) in [5.41, 5.74) is 9.43. The molecule has 0 aliphatic carbocycles. The number of hydrogen-bond donors (Lipinski definition) is 5. The van der Waals surface area contributed by atoms with E-state index in [0.717, 1.165) is 0 Å². The molecule has 0 radical (unpaired) electrons. The summed E-state index contributed by atoms with van der Waals surface area (Å²) in [7, 11) is 2.76. The standard InChI is InChI=1S/C25H30FN5O7.C22H26FN5O5/c1-13(32)24(33)28-10-16-11-37-23(12-36-16)22-8-19(31-38-22)18-7-20(30-14(2)29-18)25(34)27-9-15-4-5-17(26)21(6-15)35-3;1-12-26-16(17-7-20(33-28-17)22-31-10-14(8-24)11-32-22)6-18(27-12)21(29)25-9-13-3-4-15(23)19(5-13)30-2/h4-7,13,16,22-23,32H,8-12H2,1-3H3,(H,27,34)(H,28,33);3-6,14,20,22H,7-11,24H2,1-2H3,(H,25,29)/t13-,16+,22-,23+;14?,20-,22?/m00/s1. The first-order chi connectivity index (χ1) is 34.2. The molecule has 6 heterocycles. The molecule has 4 aliphatic rings. The molecule has 8 rings (SSSR count). The second-order valence-electron chi connectivity index (χ2n) is 16.8. The summed E-state index contributed by atoms with van der Waals surface area (Å²) in [4.78, 5) is 65.3. The van der Waals surface area contributed by atoms with Gasteiger partial charge in [-0.1, -0.05) is 22.4 Å². The highest BCUT2D eigenvalue weighted by atomic mass is 19.1. The third kappa shape index (κ3) is 13.9. The molecule has 0 bridgehead atoms. The van der Waals surface area contributed by atoms with Gasteiger partial charge in [0.2, 0.25) is 5.91 Å². The Hall–Kier alpha value is -6.83. The molecule has 380 valence electrons. The molecular weight excluding hydrogens is 935 g/mol. The van der Waals surface area contributed by atoms with Gasteiger partial charge in [-0.2, -0.15) is 0 Å². The number of aromatic nitrogens is 4. The Morgan fingerprint density at radius 2 is 1.23 bits per heavy atom. The maximum atomic E-state index is 13.6. The Kier molecular flexibility index (Phi) is 17.8. The van der Waals surface area contributed by atoms with Gasteiger partial charge in [-0.3, -0.25) is 14.4 Å². The van der Waals surface area contributed by atoms with Crippen LogP contribution in [-0.2, 0) is 46.5 Å². The third-order valence-electron chi connectivity index (χ3n) is 11.4. The van der Waals surface area contributed by atoms with E-state index >= 15 is 0 Å². The van der Waals surface area contributed by atoms with E-state index in [-0.39, 0.29) is 73.9 Å². The number of nitrogens with two attached hydrogens (primary N) is 1. The summed E-state index contributed by atoms with van der Waals surface area (Å²) < 4.78 is 60.2. The van der Waals surface area contributed by atoms with Crippen molar-refractivity contribution < 1.29 is 66.4 Å². The monoisotopic (exact) mass is 990 g/mol. The van der Waals surface area contributed by atoms with Gasteiger partial charge in [0, 0.05) is 38.4 Å². The smallest absolute Gasteiger partial charge is 0.270 e. The van der Waals surface area contributed by atoms with E-state index in [0.29, 0.717) is 78.2 Å². The molecular formula is C47H56F2N10O12. The number of carbonyl (C=O) groups is 3. The minimum absolute atomic E-state index is 0.0941. The Bertz CT molecular complexity index is 2590. The van der Waals surface area contributed by atoms with Crippen LogP contribution in [0, 0.1) is 31.4 Å². The minimum Gasteiger partial charge on any atom is -0.494 e. The van der Waals surface area contributed by atoms with Gasteiger partial charge in [-0.05, 0) is 74.8 Å². The molecule has 2 aromatic heterocycles. The Morgan fingerprint density at radius 1 is 0.704 bits per heavy atom. The molecule has 5 atom stereocenters. The van der Waals surface area contributed by atoms with E-state index < -0.39 is 54.0 Å². The van der Waals surface area contributed by atoms with Crippen molar-refractivity contribution in [1.29, 1.82) is 0 Å². The number of rotatable bonds is 16. The van der Waals surface area contributed by atoms with E-state index in [4.69, 9.17) is 43.8 Å².